The summed E-state index contributed by atoms with van der Waals surface area (Å²) in [4.78, 5) is 27.2. The molecule has 28 heavy (non-hydrogen) atoms. The lowest BCUT2D eigenvalue weighted by Crippen LogP contribution is -2.37. The number of hydrogen-bond acceptors (Lipinski definition) is 4. The van der Waals surface area contributed by atoms with E-state index in [0.29, 0.717) is 18.9 Å². The number of amides is 2. The molecule has 2 aromatic carbocycles. The van der Waals surface area contributed by atoms with Crippen molar-refractivity contribution in [1.29, 1.82) is 0 Å². The zero-order valence-electron chi connectivity index (χ0n) is 16.1. The second-order valence-corrected chi connectivity index (χ2v) is 7.32. The zero-order chi connectivity index (χ0) is 19.7. The van der Waals surface area contributed by atoms with Gasteiger partial charge < -0.3 is 19.7 Å². The van der Waals surface area contributed by atoms with Crippen LogP contribution in [0.5, 0.6) is 11.5 Å². The zero-order valence-corrected chi connectivity index (χ0v) is 16.1. The second kappa shape index (κ2) is 7.54. The third kappa shape index (κ3) is 3.42. The Morgan fingerprint density at radius 3 is 2.89 bits per heavy atom. The number of anilines is 1. The van der Waals surface area contributed by atoms with Crippen molar-refractivity contribution in [3.8, 4) is 11.5 Å². The average Bonchev–Trinajstić information content (AvgIpc) is 3.10. The Bertz CT molecular complexity index is 911. The summed E-state index contributed by atoms with van der Waals surface area (Å²) >= 11 is 0. The minimum absolute atomic E-state index is 0.0589. The van der Waals surface area contributed by atoms with Crippen molar-refractivity contribution in [2.75, 3.05) is 25.2 Å². The first-order chi connectivity index (χ1) is 13.6. The Morgan fingerprint density at radius 1 is 1.25 bits per heavy atom. The molecule has 1 N–H and O–H groups in total. The number of aryl methyl sites for hydroxylation is 1. The van der Waals surface area contributed by atoms with Crippen LogP contribution in [0.15, 0.2) is 42.5 Å². The number of para-hydroxylation sites is 1. The minimum atomic E-state index is -0.382. The van der Waals surface area contributed by atoms with Crippen LogP contribution >= 0.6 is 0 Å². The third-order valence-electron chi connectivity index (χ3n) is 5.40. The second-order valence-electron chi connectivity index (χ2n) is 7.32. The van der Waals surface area contributed by atoms with Crippen LogP contribution in [0.2, 0.25) is 0 Å². The Balaban J connectivity index is 1.49. The van der Waals surface area contributed by atoms with Gasteiger partial charge in [-0.15, -0.1) is 0 Å². The van der Waals surface area contributed by atoms with Gasteiger partial charge in [-0.2, -0.15) is 0 Å². The van der Waals surface area contributed by atoms with Crippen molar-refractivity contribution in [2.45, 2.75) is 25.8 Å². The summed E-state index contributed by atoms with van der Waals surface area (Å²) < 4.78 is 11.1. The van der Waals surface area contributed by atoms with Gasteiger partial charge in [-0.05, 0) is 30.7 Å². The number of methoxy groups -OCH3 is 1. The Labute approximate surface area is 164 Å². The van der Waals surface area contributed by atoms with Gasteiger partial charge in [0, 0.05) is 24.9 Å². The Hall–Kier alpha value is -3.02. The number of fused-ring (bicyclic) bond motifs is 1. The molecular weight excluding hydrogens is 356 g/mol. The molecular formula is C22H24N2O4. The van der Waals surface area contributed by atoms with Crippen molar-refractivity contribution >= 4 is 17.5 Å². The van der Waals surface area contributed by atoms with Crippen LogP contribution in [-0.4, -0.2) is 32.1 Å². The van der Waals surface area contributed by atoms with Gasteiger partial charge in [-0.1, -0.05) is 24.3 Å². The summed E-state index contributed by atoms with van der Waals surface area (Å²) in [6, 6.07) is 13.4. The molecule has 0 unspecified atom stereocenters. The van der Waals surface area contributed by atoms with Crippen molar-refractivity contribution in [3.63, 3.8) is 0 Å². The first-order valence-electron chi connectivity index (χ1n) is 9.54. The van der Waals surface area contributed by atoms with Crippen molar-refractivity contribution < 1.29 is 19.1 Å². The average molecular weight is 380 g/mol. The molecule has 2 atom stereocenters. The molecule has 4 rings (SSSR count). The molecule has 0 aromatic heterocycles. The topological polar surface area (TPSA) is 67.9 Å². The fraction of sp³-hybridized carbons (Fsp3) is 0.364. The minimum Gasteiger partial charge on any atom is -0.495 e. The molecule has 6 heteroatoms. The third-order valence-corrected chi connectivity index (χ3v) is 5.40. The maximum atomic E-state index is 12.9. The molecule has 2 amide bonds. The summed E-state index contributed by atoms with van der Waals surface area (Å²) in [5.74, 6) is 0.916. The highest BCUT2D eigenvalue weighted by Gasteiger charge is 2.37. The standard InChI is InChI=1S/C22H24N2O4/c1-14-7-8-20(27-2)18(11-14)24-13-15(12-21(24)25)22(26)23-17-9-10-28-19-6-4-3-5-16(17)19/h3-8,11,15,17H,9-10,12-13H2,1-2H3,(H,23,26)/t15-,17-/m0/s1. The highest BCUT2D eigenvalue weighted by Crippen LogP contribution is 2.35. The number of ether oxygens (including phenoxy) is 2. The molecule has 0 bridgehead atoms. The van der Waals surface area contributed by atoms with E-state index in [0.717, 1.165) is 29.0 Å². The molecule has 0 aliphatic carbocycles. The lowest BCUT2D eigenvalue weighted by Gasteiger charge is -2.27. The number of rotatable bonds is 4. The number of hydrogen-bond donors (Lipinski definition) is 1. The predicted molar refractivity (Wildman–Crippen MR) is 106 cm³/mol. The summed E-state index contributed by atoms with van der Waals surface area (Å²) in [5, 5.41) is 3.12. The Morgan fingerprint density at radius 2 is 2.07 bits per heavy atom. The van der Waals surface area contributed by atoms with E-state index in [4.69, 9.17) is 9.47 Å². The van der Waals surface area contributed by atoms with E-state index in [9.17, 15) is 9.59 Å². The molecule has 146 valence electrons. The van der Waals surface area contributed by atoms with Crippen LogP contribution in [0.25, 0.3) is 0 Å². The molecule has 2 aliphatic heterocycles. The highest BCUT2D eigenvalue weighted by atomic mass is 16.5. The summed E-state index contributed by atoms with van der Waals surface area (Å²) in [6.45, 7) is 2.89. The number of carbonyl (C=O) groups excluding carboxylic acids is 2. The van der Waals surface area contributed by atoms with E-state index < -0.39 is 0 Å². The molecule has 2 heterocycles. The normalized spacial score (nSPS) is 21.1. The van der Waals surface area contributed by atoms with Gasteiger partial charge >= 0.3 is 0 Å². The largest absolute Gasteiger partial charge is 0.495 e. The monoisotopic (exact) mass is 380 g/mol. The SMILES string of the molecule is COc1ccc(C)cc1N1C[C@@H](C(=O)N[C@H]2CCOc3ccccc32)CC1=O. The van der Waals surface area contributed by atoms with Gasteiger partial charge in [-0.3, -0.25) is 9.59 Å². The van der Waals surface area contributed by atoms with Crippen molar-refractivity contribution in [3.05, 3.63) is 53.6 Å². The number of benzene rings is 2. The van der Waals surface area contributed by atoms with Crippen LogP contribution in [-0.2, 0) is 9.59 Å². The van der Waals surface area contributed by atoms with Gasteiger partial charge in [0.25, 0.3) is 0 Å². The molecule has 1 saturated heterocycles. The maximum absolute atomic E-state index is 12.9. The predicted octanol–water partition coefficient (Wildman–Crippen LogP) is 3.00. The molecule has 6 nitrogen and oxygen atoms in total. The van der Waals surface area contributed by atoms with Crippen LogP contribution in [0.1, 0.15) is 30.0 Å². The van der Waals surface area contributed by atoms with Crippen LogP contribution < -0.4 is 19.7 Å². The smallest absolute Gasteiger partial charge is 0.227 e. The first-order valence-corrected chi connectivity index (χ1v) is 9.54. The van der Waals surface area contributed by atoms with Gasteiger partial charge in [0.2, 0.25) is 11.8 Å². The number of carbonyl (C=O) groups is 2. The Kier molecular flexibility index (Phi) is 4.94. The van der Waals surface area contributed by atoms with E-state index in [1.54, 1.807) is 12.0 Å². The van der Waals surface area contributed by atoms with Gasteiger partial charge in [0.15, 0.2) is 0 Å². The highest BCUT2D eigenvalue weighted by molar-refractivity contribution is 6.01. The first kappa shape index (κ1) is 18.3. The fourth-order valence-corrected chi connectivity index (χ4v) is 3.91. The van der Waals surface area contributed by atoms with Crippen LogP contribution in [0, 0.1) is 12.8 Å². The van der Waals surface area contributed by atoms with Crippen molar-refractivity contribution in [2.24, 2.45) is 5.92 Å². The number of nitrogens with one attached hydrogen (secondary N) is 1. The lowest BCUT2D eigenvalue weighted by atomic mass is 9.99. The van der Waals surface area contributed by atoms with Crippen LogP contribution in [0.4, 0.5) is 5.69 Å². The van der Waals surface area contributed by atoms with E-state index in [1.807, 2.05) is 49.4 Å². The van der Waals surface area contributed by atoms with Gasteiger partial charge in [0.1, 0.15) is 11.5 Å². The van der Waals surface area contributed by atoms with E-state index in [-0.39, 0.29) is 30.2 Å². The molecule has 2 aliphatic rings. The maximum Gasteiger partial charge on any atom is 0.227 e. The van der Waals surface area contributed by atoms with E-state index in [2.05, 4.69) is 5.32 Å². The van der Waals surface area contributed by atoms with Gasteiger partial charge in [0.05, 0.1) is 31.4 Å². The van der Waals surface area contributed by atoms with Gasteiger partial charge in [-0.25, -0.2) is 0 Å². The molecule has 1 fully saturated rings. The summed E-state index contributed by atoms with van der Waals surface area (Å²) in [7, 11) is 1.58. The number of nitrogens with zero attached hydrogens (tertiary/aromatic N) is 1. The summed E-state index contributed by atoms with van der Waals surface area (Å²) in [5.41, 5.74) is 2.75. The molecule has 2 aromatic rings. The molecule has 0 radical (unpaired) electrons. The van der Waals surface area contributed by atoms with Crippen LogP contribution in [0.3, 0.4) is 0 Å². The molecule has 0 saturated carbocycles. The van der Waals surface area contributed by atoms with E-state index in [1.165, 1.54) is 0 Å². The lowest BCUT2D eigenvalue weighted by molar-refractivity contribution is -0.127. The summed E-state index contributed by atoms with van der Waals surface area (Å²) in [6.07, 6.45) is 0.923. The fourth-order valence-electron chi connectivity index (χ4n) is 3.91. The van der Waals surface area contributed by atoms with E-state index >= 15 is 0 Å². The quantitative estimate of drug-likeness (QED) is 0.885. The molecule has 0 spiro atoms. The van der Waals surface area contributed by atoms with Crippen molar-refractivity contribution in [1.82, 2.24) is 5.32 Å².